The van der Waals surface area contributed by atoms with E-state index in [0.717, 1.165) is 35.0 Å². The molecule has 1 aliphatic rings. The molecule has 0 bridgehead atoms. The van der Waals surface area contributed by atoms with E-state index in [2.05, 4.69) is 37.9 Å². The summed E-state index contributed by atoms with van der Waals surface area (Å²) in [4.78, 5) is 0. The Morgan fingerprint density at radius 3 is 1.93 bits per heavy atom. The van der Waals surface area contributed by atoms with Crippen LogP contribution in [0.15, 0.2) is 0 Å². The maximum Gasteiger partial charge on any atom is -0.00952 e. The zero-order chi connectivity index (χ0) is 11.1. The Balaban J connectivity index is 2.41. The minimum Gasteiger partial charge on any atom is -0.179 e. The van der Waals surface area contributed by atoms with Gasteiger partial charge in [0.05, 0.1) is 0 Å². The lowest BCUT2D eigenvalue weighted by Gasteiger charge is -2.36. The van der Waals surface area contributed by atoms with Crippen LogP contribution in [-0.4, -0.2) is 17.3 Å². The minimum atomic E-state index is 0.910. The molecule has 1 rings (SSSR count). The van der Waals surface area contributed by atoms with Crippen molar-refractivity contribution < 1.29 is 0 Å². The first-order valence-electron chi connectivity index (χ1n) is 6.14. The predicted molar refractivity (Wildman–Crippen MR) is 79.7 cm³/mol. The molecule has 0 aromatic heterocycles. The van der Waals surface area contributed by atoms with E-state index in [0.29, 0.717) is 0 Å². The molecule has 0 aliphatic heterocycles. The van der Waals surface area contributed by atoms with Crippen LogP contribution in [0.3, 0.4) is 0 Å². The fraction of sp³-hybridized carbons (Fsp3) is 1.00. The highest BCUT2D eigenvalue weighted by atomic mass is 32.1. The van der Waals surface area contributed by atoms with Crippen LogP contribution >= 0.6 is 37.9 Å². The summed E-state index contributed by atoms with van der Waals surface area (Å²) in [6, 6.07) is 0. The second-order valence-corrected chi connectivity index (χ2v) is 6.08. The molecule has 0 N–H and O–H groups in total. The third-order valence-electron chi connectivity index (χ3n) is 3.79. The van der Waals surface area contributed by atoms with Gasteiger partial charge in [-0.15, -0.1) is 0 Å². The summed E-state index contributed by atoms with van der Waals surface area (Å²) in [7, 11) is 0. The van der Waals surface area contributed by atoms with Crippen LogP contribution in [-0.2, 0) is 0 Å². The molecule has 0 aromatic carbocycles. The molecule has 0 aromatic rings. The van der Waals surface area contributed by atoms with Gasteiger partial charge in [0.15, 0.2) is 0 Å². The third kappa shape index (κ3) is 4.82. The van der Waals surface area contributed by atoms with Gasteiger partial charge in [-0.3, -0.25) is 0 Å². The van der Waals surface area contributed by atoms with Crippen molar-refractivity contribution in [1.82, 2.24) is 0 Å². The second-order valence-electron chi connectivity index (χ2n) is 4.74. The Morgan fingerprint density at radius 2 is 1.33 bits per heavy atom. The van der Waals surface area contributed by atoms with E-state index < -0.39 is 0 Å². The van der Waals surface area contributed by atoms with Crippen LogP contribution < -0.4 is 0 Å². The van der Waals surface area contributed by atoms with Gasteiger partial charge >= 0.3 is 0 Å². The molecule has 15 heavy (non-hydrogen) atoms. The normalized spacial score (nSPS) is 31.8. The van der Waals surface area contributed by atoms with E-state index in [1.807, 2.05) is 0 Å². The summed E-state index contributed by atoms with van der Waals surface area (Å²) in [5.41, 5.74) is 0. The van der Waals surface area contributed by atoms with Gasteiger partial charge in [0.1, 0.15) is 0 Å². The van der Waals surface area contributed by atoms with Crippen molar-refractivity contribution >= 4 is 37.9 Å². The SMILES string of the molecule is SCC[C@H]1CC[C@@H](CCS)[C@@H](CCS)C1. The second kappa shape index (κ2) is 8.19. The maximum absolute atomic E-state index is 4.39. The number of hydrogen-bond donors (Lipinski definition) is 3. The average molecular weight is 265 g/mol. The lowest BCUT2D eigenvalue weighted by molar-refractivity contribution is 0.169. The van der Waals surface area contributed by atoms with Crippen molar-refractivity contribution in [3.63, 3.8) is 0 Å². The lowest BCUT2D eigenvalue weighted by atomic mass is 9.71. The van der Waals surface area contributed by atoms with Crippen molar-refractivity contribution in [2.45, 2.75) is 38.5 Å². The zero-order valence-electron chi connectivity index (χ0n) is 9.44. The van der Waals surface area contributed by atoms with Gasteiger partial charge in [0.2, 0.25) is 0 Å². The summed E-state index contributed by atoms with van der Waals surface area (Å²) in [6.07, 6.45) is 8.15. The van der Waals surface area contributed by atoms with Gasteiger partial charge in [0.25, 0.3) is 0 Å². The van der Waals surface area contributed by atoms with Crippen LogP contribution in [0.25, 0.3) is 0 Å². The summed E-state index contributed by atoms with van der Waals surface area (Å²) in [5.74, 6) is 5.91. The largest absolute Gasteiger partial charge is 0.179 e. The molecular formula is C12H24S3. The van der Waals surface area contributed by atoms with E-state index >= 15 is 0 Å². The molecule has 3 atom stereocenters. The van der Waals surface area contributed by atoms with Crippen molar-refractivity contribution in [3.05, 3.63) is 0 Å². The average Bonchev–Trinajstić information content (AvgIpc) is 2.23. The highest BCUT2D eigenvalue weighted by molar-refractivity contribution is 7.80. The molecule has 1 fully saturated rings. The Labute approximate surface area is 111 Å². The van der Waals surface area contributed by atoms with Crippen molar-refractivity contribution in [2.75, 3.05) is 17.3 Å². The van der Waals surface area contributed by atoms with Gasteiger partial charge < -0.3 is 0 Å². The first kappa shape index (κ1) is 14.1. The van der Waals surface area contributed by atoms with Crippen LogP contribution in [0, 0.1) is 17.8 Å². The summed E-state index contributed by atoms with van der Waals surface area (Å²) < 4.78 is 0. The standard InChI is InChI=1S/C12H24S3/c13-6-3-10-1-2-11(4-7-14)12(9-10)5-8-15/h10-15H,1-9H2/t10-,11+,12+/m1/s1. The topological polar surface area (TPSA) is 0 Å². The first-order valence-corrected chi connectivity index (χ1v) is 8.04. The lowest BCUT2D eigenvalue weighted by Crippen LogP contribution is -2.26. The Bertz CT molecular complexity index is 161. The van der Waals surface area contributed by atoms with Gasteiger partial charge in [-0.05, 0) is 67.1 Å². The van der Waals surface area contributed by atoms with Gasteiger partial charge in [-0.2, -0.15) is 37.9 Å². The molecule has 0 heterocycles. The maximum atomic E-state index is 4.39. The van der Waals surface area contributed by atoms with E-state index in [4.69, 9.17) is 0 Å². The van der Waals surface area contributed by atoms with E-state index in [-0.39, 0.29) is 0 Å². The summed E-state index contributed by atoms with van der Waals surface area (Å²) >= 11 is 13.1. The Hall–Kier alpha value is 1.05. The first-order chi connectivity index (χ1) is 7.31. The van der Waals surface area contributed by atoms with Crippen LogP contribution in [0.2, 0.25) is 0 Å². The summed E-state index contributed by atoms with van der Waals surface area (Å²) in [5, 5.41) is 0. The van der Waals surface area contributed by atoms with Crippen molar-refractivity contribution in [3.8, 4) is 0 Å². The van der Waals surface area contributed by atoms with Crippen molar-refractivity contribution in [1.29, 1.82) is 0 Å². The van der Waals surface area contributed by atoms with E-state index in [1.165, 1.54) is 38.5 Å². The van der Waals surface area contributed by atoms with E-state index in [9.17, 15) is 0 Å². The highest BCUT2D eigenvalue weighted by Gasteiger charge is 2.28. The number of rotatable bonds is 6. The molecule has 0 unspecified atom stereocenters. The highest BCUT2D eigenvalue weighted by Crippen LogP contribution is 2.39. The Morgan fingerprint density at radius 1 is 0.733 bits per heavy atom. The monoisotopic (exact) mass is 264 g/mol. The molecular weight excluding hydrogens is 240 g/mol. The van der Waals surface area contributed by atoms with E-state index in [1.54, 1.807) is 0 Å². The van der Waals surface area contributed by atoms with Gasteiger partial charge in [0, 0.05) is 0 Å². The molecule has 0 radical (unpaired) electrons. The molecule has 0 saturated heterocycles. The van der Waals surface area contributed by atoms with Crippen LogP contribution in [0.5, 0.6) is 0 Å². The molecule has 0 amide bonds. The van der Waals surface area contributed by atoms with Crippen molar-refractivity contribution in [2.24, 2.45) is 17.8 Å². The Kier molecular flexibility index (Phi) is 7.70. The molecule has 1 saturated carbocycles. The zero-order valence-corrected chi connectivity index (χ0v) is 12.1. The number of thiol groups is 3. The van der Waals surface area contributed by atoms with Gasteiger partial charge in [-0.25, -0.2) is 0 Å². The minimum absolute atomic E-state index is 0.910. The smallest absolute Gasteiger partial charge is 0.00952 e. The molecule has 0 nitrogen and oxygen atoms in total. The fourth-order valence-corrected chi connectivity index (χ4v) is 3.96. The van der Waals surface area contributed by atoms with Gasteiger partial charge in [-0.1, -0.05) is 6.42 Å². The molecule has 3 heteroatoms. The predicted octanol–water partition coefficient (Wildman–Crippen LogP) is 3.98. The quantitative estimate of drug-likeness (QED) is 0.594. The van der Waals surface area contributed by atoms with Crippen LogP contribution in [0.4, 0.5) is 0 Å². The van der Waals surface area contributed by atoms with Crippen LogP contribution in [0.1, 0.15) is 38.5 Å². The number of hydrogen-bond acceptors (Lipinski definition) is 3. The molecule has 90 valence electrons. The third-order valence-corrected chi connectivity index (χ3v) is 4.56. The molecule has 0 spiro atoms. The fourth-order valence-electron chi connectivity index (χ4n) is 2.93. The summed E-state index contributed by atoms with van der Waals surface area (Å²) in [6.45, 7) is 0. The molecule has 1 aliphatic carbocycles.